The van der Waals surface area contributed by atoms with Crippen molar-refractivity contribution >= 4 is 18.5 Å². The van der Waals surface area contributed by atoms with E-state index in [0.29, 0.717) is 0 Å². The molecule has 1 aromatic rings. The Kier molecular flexibility index (Phi) is 3.76. The zero-order valence-corrected chi connectivity index (χ0v) is 9.88. The van der Waals surface area contributed by atoms with Crippen molar-refractivity contribution in [1.29, 1.82) is 0 Å². The molecule has 1 rings (SSSR count). The van der Waals surface area contributed by atoms with Crippen molar-refractivity contribution in [2.75, 3.05) is 0 Å². The Balaban J connectivity index is 2.49. The SMILES string of the molecule is C[Si](C)(Cl)C=CCc1ccccc1. The second kappa shape index (κ2) is 4.63. The summed E-state index contributed by atoms with van der Waals surface area (Å²) in [6.45, 7) is 4.24. The highest BCUT2D eigenvalue weighted by Crippen LogP contribution is 2.09. The lowest BCUT2D eigenvalue weighted by molar-refractivity contribution is 1.27. The summed E-state index contributed by atoms with van der Waals surface area (Å²) in [6, 6.07) is 10.4. The Morgan fingerprint density at radius 1 is 1.23 bits per heavy atom. The lowest BCUT2D eigenvalue weighted by Gasteiger charge is -2.04. The molecular formula is C11H15ClSi. The third kappa shape index (κ3) is 4.91. The van der Waals surface area contributed by atoms with Crippen LogP contribution in [0.3, 0.4) is 0 Å². The van der Waals surface area contributed by atoms with Crippen LogP contribution in [0.1, 0.15) is 5.56 Å². The van der Waals surface area contributed by atoms with E-state index in [0.717, 1.165) is 6.42 Å². The number of hydrogen-bond acceptors (Lipinski definition) is 0. The van der Waals surface area contributed by atoms with Gasteiger partial charge in [-0.2, -0.15) is 11.1 Å². The fourth-order valence-electron chi connectivity index (χ4n) is 1.09. The highest BCUT2D eigenvalue weighted by atomic mass is 35.6. The van der Waals surface area contributed by atoms with Gasteiger partial charge in [0, 0.05) is 0 Å². The number of rotatable bonds is 3. The maximum absolute atomic E-state index is 6.15. The molecule has 1 aromatic carbocycles. The van der Waals surface area contributed by atoms with E-state index in [4.69, 9.17) is 11.1 Å². The minimum atomic E-state index is -1.52. The van der Waals surface area contributed by atoms with Gasteiger partial charge in [-0.15, -0.1) is 0 Å². The summed E-state index contributed by atoms with van der Waals surface area (Å²) in [4.78, 5) is 0. The molecule has 0 unspecified atom stereocenters. The van der Waals surface area contributed by atoms with Gasteiger partial charge < -0.3 is 0 Å². The number of hydrogen-bond donors (Lipinski definition) is 0. The summed E-state index contributed by atoms with van der Waals surface area (Å²) in [6.07, 6.45) is 3.17. The molecular weight excluding hydrogens is 196 g/mol. The molecule has 0 nitrogen and oxygen atoms in total. The third-order valence-electron chi connectivity index (χ3n) is 1.71. The lowest BCUT2D eigenvalue weighted by Crippen LogP contribution is -2.11. The normalized spacial score (nSPS) is 12.2. The first-order valence-corrected chi connectivity index (χ1v) is 8.57. The first-order chi connectivity index (χ1) is 6.08. The van der Waals surface area contributed by atoms with Gasteiger partial charge in [-0.25, -0.2) is 0 Å². The van der Waals surface area contributed by atoms with Crippen LogP contribution in [0.4, 0.5) is 0 Å². The summed E-state index contributed by atoms with van der Waals surface area (Å²) in [5.41, 5.74) is 3.51. The molecule has 0 aliphatic carbocycles. The highest BCUT2D eigenvalue weighted by molar-refractivity contribution is 7.21. The van der Waals surface area contributed by atoms with Crippen molar-refractivity contribution in [1.82, 2.24) is 0 Å². The molecule has 0 bridgehead atoms. The third-order valence-corrected chi connectivity index (χ3v) is 3.12. The predicted octanol–water partition coefficient (Wildman–Crippen LogP) is 3.77. The molecule has 0 aliphatic rings. The van der Waals surface area contributed by atoms with Crippen molar-refractivity contribution in [2.24, 2.45) is 0 Å². The fourth-order valence-corrected chi connectivity index (χ4v) is 2.03. The molecule has 70 valence electrons. The summed E-state index contributed by atoms with van der Waals surface area (Å²) in [7, 11) is -1.52. The summed E-state index contributed by atoms with van der Waals surface area (Å²) in [5.74, 6) is 0. The van der Waals surface area contributed by atoms with Crippen LogP contribution in [0.25, 0.3) is 0 Å². The Labute approximate surface area is 86.0 Å². The van der Waals surface area contributed by atoms with Gasteiger partial charge in [0.2, 0.25) is 0 Å². The van der Waals surface area contributed by atoms with Crippen LogP contribution in [0.2, 0.25) is 13.1 Å². The number of halogens is 1. The predicted molar refractivity (Wildman–Crippen MR) is 62.6 cm³/mol. The molecule has 0 N–H and O–H groups in total. The van der Waals surface area contributed by atoms with E-state index in [-0.39, 0.29) is 0 Å². The highest BCUT2D eigenvalue weighted by Gasteiger charge is 2.10. The van der Waals surface area contributed by atoms with Gasteiger partial charge in [-0.05, 0) is 12.0 Å². The van der Waals surface area contributed by atoms with Crippen molar-refractivity contribution in [3.05, 3.63) is 47.7 Å². The number of benzene rings is 1. The van der Waals surface area contributed by atoms with Gasteiger partial charge in [0.25, 0.3) is 0 Å². The molecule has 0 aliphatic heterocycles. The largest absolute Gasteiger partial charge is 0.173 e. The molecule has 0 amide bonds. The van der Waals surface area contributed by atoms with Gasteiger partial charge in [0.15, 0.2) is 7.38 Å². The standard InChI is InChI=1S/C11H15ClSi/c1-13(2,12)10-6-9-11-7-4-3-5-8-11/h3-8,10H,9H2,1-2H3. The lowest BCUT2D eigenvalue weighted by atomic mass is 10.2. The molecule has 2 heteroatoms. The quantitative estimate of drug-likeness (QED) is 0.527. The summed E-state index contributed by atoms with van der Waals surface area (Å²) >= 11 is 6.15. The first kappa shape index (κ1) is 10.5. The molecule has 0 saturated heterocycles. The molecule has 0 aromatic heterocycles. The Morgan fingerprint density at radius 2 is 1.85 bits per heavy atom. The maximum Gasteiger partial charge on any atom is 0.173 e. The van der Waals surface area contributed by atoms with E-state index in [2.05, 4.69) is 49.1 Å². The smallest absolute Gasteiger partial charge is 0.162 e. The monoisotopic (exact) mass is 210 g/mol. The summed E-state index contributed by atoms with van der Waals surface area (Å²) in [5, 5.41) is 0. The van der Waals surface area contributed by atoms with Crippen LogP contribution in [-0.4, -0.2) is 7.38 Å². The van der Waals surface area contributed by atoms with Crippen molar-refractivity contribution in [3.63, 3.8) is 0 Å². The van der Waals surface area contributed by atoms with Crippen LogP contribution in [0.15, 0.2) is 42.1 Å². The van der Waals surface area contributed by atoms with Crippen LogP contribution in [0, 0.1) is 0 Å². The molecule has 0 fully saturated rings. The van der Waals surface area contributed by atoms with E-state index in [9.17, 15) is 0 Å². The average molecular weight is 211 g/mol. The topological polar surface area (TPSA) is 0 Å². The van der Waals surface area contributed by atoms with Gasteiger partial charge in [-0.1, -0.05) is 55.2 Å². The van der Waals surface area contributed by atoms with Crippen LogP contribution in [0.5, 0.6) is 0 Å². The average Bonchev–Trinajstić information content (AvgIpc) is 2.04. The van der Waals surface area contributed by atoms with E-state index >= 15 is 0 Å². The molecule has 0 spiro atoms. The van der Waals surface area contributed by atoms with Crippen molar-refractivity contribution in [2.45, 2.75) is 19.5 Å². The van der Waals surface area contributed by atoms with E-state index in [1.165, 1.54) is 5.56 Å². The molecule has 13 heavy (non-hydrogen) atoms. The molecule has 0 heterocycles. The Bertz CT molecular complexity index is 272. The zero-order valence-electron chi connectivity index (χ0n) is 8.13. The minimum Gasteiger partial charge on any atom is -0.162 e. The Hall–Kier alpha value is -0.533. The number of allylic oxidation sites excluding steroid dienone is 1. The molecule has 0 radical (unpaired) electrons. The fraction of sp³-hybridized carbons (Fsp3) is 0.273. The van der Waals surface area contributed by atoms with E-state index in [1.54, 1.807) is 0 Å². The first-order valence-electron chi connectivity index (χ1n) is 4.48. The Morgan fingerprint density at radius 3 is 2.38 bits per heavy atom. The van der Waals surface area contributed by atoms with Gasteiger partial charge in [-0.3, -0.25) is 0 Å². The van der Waals surface area contributed by atoms with E-state index in [1.807, 2.05) is 6.07 Å². The zero-order chi connectivity index (χ0) is 9.73. The minimum absolute atomic E-state index is 0.990. The molecule has 0 saturated carbocycles. The van der Waals surface area contributed by atoms with Crippen molar-refractivity contribution in [3.8, 4) is 0 Å². The maximum atomic E-state index is 6.15. The van der Waals surface area contributed by atoms with Crippen molar-refractivity contribution < 1.29 is 0 Å². The second-order valence-electron chi connectivity index (χ2n) is 3.66. The second-order valence-corrected chi connectivity index (χ2v) is 10.0. The molecule has 0 atom stereocenters. The van der Waals surface area contributed by atoms with E-state index < -0.39 is 7.38 Å². The van der Waals surface area contributed by atoms with Gasteiger partial charge in [0.1, 0.15) is 0 Å². The van der Waals surface area contributed by atoms with Crippen LogP contribution in [-0.2, 0) is 6.42 Å². The van der Waals surface area contributed by atoms with Gasteiger partial charge >= 0.3 is 0 Å². The van der Waals surface area contributed by atoms with Crippen LogP contribution >= 0.6 is 11.1 Å². The van der Waals surface area contributed by atoms with Crippen LogP contribution < -0.4 is 0 Å². The summed E-state index contributed by atoms with van der Waals surface area (Å²) < 4.78 is 0. The van der Waals surface area contributed by atoms with Gasteiger partial charge in [0.05, 0.1) is 0 Å².